The van der Waals surface area contributed by atoms with Crippen molar-refractivity contribution in [3.05, 3.63) is 33.5 Å². The molecule has 0 amide bonds. The maximum absolute atomic E-state index is 10.1. The molecule has 4 nitrogen and oxygen atoms in total. The maximum atomic E-state index is 10.1. The van der Waals surface area contributed by atoms with Gasteiger partial charge >= 0.3 is 0 Å². The lowest BCUT2D eigenvalue weighted by molar-refractivity contribution is 0.176. The molecule has 2 aromatic heterocycles. The number of halogens is 1. The molecule has 0 aromatic carbocycles. The van der Waals surface area contributed by atoms with Crippen molar-refractivity contribution in [3.8, 4) is 0 Å². The Kier molecular flexibility index (Phi) is 4.38. The normalized spacial score (nSPS) is 18.3. The number of aromatic nitrogens is 3. The van der Waals surface area contributed by atoms with Gasteiger partial charge in [-0.3, -0.25) is 4.68 Å². The van der Waals surface area contributed by atoms with Gasteiger partial charge in [0, 0.05) is 12.6 Å². The van der Waals surface area contributed by atoms with Crippen LogP contribution in [0.15, 0.2) is 18.5 Å². The lowest BCUT2D eigenvalue weighted by Crippen LogP contribution is -2.13. The molecule has 3 rings (SSSR count). The van der Waals surface area contributed by atoms with Crippen molar-refractivity contribution < 1.29 is 5.11 Å². The summed E-state index contributed by atoms with van der Waals surface area (Å²) in [6, 6.07) is 2.52. The van der Waals surface area contributed by atoms with E-state index in [0.717, 1.165) is 5.69 Å². The maximum Gasteiger partial charge on any atom is 0.123 e. The van der Waals surface area contributed by atoms with E-state index in [1.54, 1.807) is 6.20 Å². The highest BCUT2D eigenvalue weighted by atomic mass is 35.5. The van der Waals surface area contributed by atoms with Gasteiger partial charge in [0.2, 0.25) is 0 Å². The van der Waals surface area contributed by atoms with Gasteiger partial charge in [-0.25, -0.2) is 4.98 Å². The molecule has 1 aliphatic carbocycles. The Morgan fingerprint density at radius 2 is 2.20 bits per heavy atom. The molecule has 0 spiro atoms. The Morgan fingerprint density at radius 1 is 1.40 bits per heavy atom. The second-order valence-corrected chi connectivity index (χ2v) is 6.99. The van der Waals surface area contributed by atoms with Gasteiger partial charge < -0.3 is 5.11 Å². The van der Waals surface area contributed by atoms with Gasteiger partial charge in [-0.15, -0.1) is 11.3 Å². The van der Waals surface area contributed by atoms with Crippen LogP contribution in [0.5, 0.6) is 0 Å². The standard InChI is InChI=1S/C14H18ClN3OS/c15-13-9-16-14(20-13)12(19)8-10-6-7-18(17-10)11-4-2-1-3-5-11/h6-7,9,11-12,19H,1-5,8H2. The number of hydrogen-bond donors (Lipinski definition) is 1. The molecular weight excluding hydrogens is 294 g/mol. The van der Waals surface area contributed by atoms with Crippen LogP contribution < -0.4 is 0 Å². The Labute approximate surface area is 127 Å². The Bertz CT molecular complexity index is 562. The fourth-order valence-corrected chi connectivity index (χ4v) is 3.66. The minimum absolute atomic E-state index is 0.490. The average Bonchev–Trinajstić information content (AvgIpc) is 3.09. The fourth-order valence-electron chi connectivity index (χ4n) is 2.74. The van der Waals surface area contributed by atoms with Crippen molar-refractivity contribution in [1.29, 1.82) is 0 Å². The van der Waals surface area contributed by atoms with Gasteiger partial charge in [-0.1, -0.05) is 30.9 Å². The molecule has 1 aliphatic rings. The third kappa shape index (κ3) is 3.22. The van der Waals surface area contributed by atoms with E-state index in [1.807, 2.05) is 12.3 Å². The summed E-state index contributed by atoms with van der Waals surface area (Å²) in [6.45, 7) is 0. The summed E-state index contributed by atoms with van der Waals surface area (Å²) in [5.41, 5.74) is 0.911. The van der Waals surface area contributed by atoms with Gasteiger partial charge in [-0.2, -0.15) is 5.10 Å². The van der Waals surface area contributed by atoms with Crippen LogP contribution in [0.2, 0.25) is 4.34 Å². The highest BCUT2D eigenvalue weighted by Gasteiger charge is 2.18. The molecule has 0 aliphatic heterocycles. The summed E-state index contributed by atoms with van der Waals surface area (Å²) in [5, 5.41) is 15.4. The van der Waals surface area contributed by atoms with Gasteiger partial charge in [0.1, 0.15) is 15.4 Å². The minimum atomic E-state index is -0.623. The number of rotatable bonds is 4. The van der Waals surface area contributed by atoms with Crippen molar-refractivity contribution in [2.45, 2.75) is 50.7 Å². The number of thiazole rings is 1. The summed E-state index contributed by atoms with van der Waals surface area (Å²) < 4.78 is 2.67. The van der Waals surface area contributed by atoms with Crippen LogP contribution in [-0.4, -0.2) is 19.9 Å². The van der Waals surface area contributed by atoms with E-state index >= 15 is 0 Å². The first kappa shape index (κ1) is 14.0. The fraction of sp³-hybridized carbons (Fsp3) is 0.571. The molecule has 6 heteroatoms. The van der Waals surface area contributed by atoms with E-state index < -0.39 is 6.10 Å². The van der Waals surface area contributed by atoms with E-state index in [0.29, 0.717) is 21.8 Å². The third-order valence-corrected chi connectivity index (χ3v) is 5.01. The average molecular weight is 312 g/mol. The zero-order valence-corrected chi connectivity index (χ0v) is 12.8. The Balaban J connectivity index is 1.64. The Morgan fingerprint density at radius 3 is 2.90 bits per heavy atom. The van der Waals surface area contributed by atoms with Crippen LogP contribution in [0.4, 0.5) is 0 Å². The number of hydrogen-bond acceptors (Lipinski definition) is 4. The monoisotopic (exact) mass is 311 g/mol. The van der Waals surface area contributed by atoms with Gasteiger partial charge in [0.05, 0.1) is 17.9 Å². The minimum Gasteiger partial charge on any atom is -0.386 e. The van der Waals surface area contributed by atoms with E-state index in [9.17, 15) is 5.11 Å². The summed E-state index contributed by atoms with van der Waals surface area (Å²) in [6.07, 6.45) is 9.83. The van der Waals surface area contributed by atoms with Crippen molar-refractivity contribution in [1.82, 2.24) is 14.8 Å². The summed E-state index contributed by atoms with van der Waals surface area (Å²) in [4.78, 5) is 4.11. The van der Waals surface area contributed by atoms with Crippen molar-refractivity contribution >= 4 is 22.9 Å². The number of aliphatic hydroxyl groups is 1. The first-order chi connectivity index (χ1) is 9.72. The van der Waals surface area contributed by atoms with Crippen LogP contribution >= 0.6 is 22.9 Å². The topological polar surface area (TPSA) is 50.9 Å². The van der Waals surface area contributed by atoms with Crippen molar-refractivity contribution in [2.75, 3.05) is 0 Å². The quantitative estimate of drug-likeness (QED) is 0.935. The molecule has 0 bridgehead atoms. The molecule has 2 heterocycles. The summed E-state index contributed by atoms with van der Waals surface area (Å²) in [7, 11) is 0. The molecule has 0 radical (unpaired) electrons. The highest BCUT2D eigenvalue weighted by Crippen LogP contribution is 2.29. The van der Waals surface area contributed by atoms with Gasteiger partial charge in [0.25, 0.3) is 0 Å². The molecular formula is C14H18ClN3OS. The van der Waals surface area contributed by atoms with Crippen LogP contribution in [0, 0.1) is 0 Å². The lowest BCUT2D eigenvalue weighted by atomic mass is 9.96. The number of aliphatic hydroxyl groups excluding tert-OH is 1. The van der Waals surface area contributed by atoms with Crippen LogP contribution in [0.1, 0.15) is 55.0 Å². The third-order valence-electron chi connectivity index (χ3n) is 3.80. The molecule has 1 unspecified atom stereocenters. The molecule has 20 heavy (non-hydrogen) atoms. The van der Waals surface area contributed by atoms with Crippen LogP contribution in [0.3, 0.4) is 0 Å². The van der Waals surface area contributed by atoms with Crippen molar-refractivity contribution in [2.24, 2.45) is 0 Å². The van der Waals surface area contributed by atoms with Gasteiger partial charge in [-0.05, 0) is 18.9 Å². The van der Waals surface area contributed by atoms with Gasteiger partial charge in [0.15, 0.2) is 0 Å². The molecule has 1 atom stereocenters. The van der Waals surface area contributed by atoms with Crippen LogP contribution in [0.25, 0.3) is 0 Å². The predicted molar refractivity (Wildman–Crippen MR) is 80.1 cm³/mol. The molecule has 1 N–H and O–H groups in total. The summed E-state index contributed by atoms with van der Waals surface area (Å²) >= 11 is 7.16. The SMILES string of the molecule is OC(Cc1ccn(C2CCCCC2)n1)c1ncc(Cl)s1. The van der Waals surface area contributed by atoms with E-state index in [4.69, 9.17) is 11.6 Å². The second-order valence-electron chi connectivity index (χ2n) is 5.30. The molecule has 1 saturated carbocycles. The second kappa shape index (κ2) is 6.24. The zero-order chi connectivity index (χ0) is 13.9. The first-order valence-electron chi connectivity index (χ1n) is 7.05. The predicted octanol–water partition coefficient (Wildman–Crippen LogP) is 3.77. The van der Waals surface area contributed by atoms with E-state index in [1.165, 1.54) is 43.4 Å². The van der Waals surface area contributed by atoms with E-state index in [-0.39, 0.29) is 0 Å². The van der Waals surface area contributed by atoms with E-state index in [2.05, 4.69) is 14.8 Å². The summed E-state index contributed by atoms with van der Waals surface area (Å²) in [5.74, 6) is 0. The van der Waals surface area contributed by atoms with Crippen molar-refractivity contribution in [3.63, 3.8) is 0 Å². The lowest BCUT2D eigenvalue weighted by Gasteiger charge is -2.21. The number of nitrogens with zero attached hydrogens (tertiary/aromatic N) is 3. The zero-order valence-electron chi connectivity index (χ0n) is 11.2. The molecule has 2 aromatic rings. The van der Waals surface area contributed by atoms with Crippen LogP contribution in [-0.2, 0) is 6.42 Å². The largest absolute Gasteiger partial charge is 0.386 e. The molecule has 108 valence electrons. The Hall–Kier alpha value is -0.910. The molecule has 0 saturated heterocycles. The smallest absolute Gasteiger partial charge is 0.123 e. The molecule has 1 fully saturated rings. The first-order valence-corrected chi connectivity index (χ1v) is 8.25. The highest BCUT2D eigenvalue weighted by molar-refractivity contribution is 7.15.